The molecule has 1 aromatic rings. The first-order chi connectivity index (χ1) is 9.15. The highest BCUT2D eigenvalue weighted by atomic mass is 16.2. The zero-order valence-corrected chi connectivity index (χ0v) is 11.4. The molecule has 0 saturated heterocycles. The van der Waals surface area contributed by atoms with E-state index >= 15 is 0 Å². The van der Waals surface area contributed by atoms with Crippen LogP contribution in [-0.4, -0.2) is 29.8 Å². The van der Waals surface area contributed by atoms with Gasteiger partial charge in [0.2, 0.25) is 0 Å². The zero-order chi connectivity index (χ0) is 14.1. The van der Waals surface area contributed by atoms with Gasteiger partial charge < -0.3 is 0 Å². The van der Waals surface area contributed by atoms with Crippen molar-refractivity contribution in [3.63, 3.8) is 0 Å². The Morgan fingerprint density at radius 3 is 2.58 bits per heavy atom. The molecule has 1 aromatic carbocycles. The molecule has 0 aliphatic rings. The van der Waals surface area contributed by atoms with E-state index in [2.05, 4.69) is 11.0 Å². The Morgan fingerprint density at radius 2 is 2.00 bits per heavy atom. The van der Waals surface area contributed by atoms with Gasteiger partial charge in [0.25, 0.3) is 0 Å². The molecule has 0 spiro atoms. The third-order valence-electron chi connectivity index (χ3n) is 2.37. The minimum atomic E-state index is -0.464. The van der Waals surface area contributed by atoms with E-state index in [0.717, 1.165) is 6.42 Å². The van der Waals surface area contributed by atoms with Crippen molar-refractivity contribution in [3.8, 4) is 0 Å². The summed E-state index contributed by atoms with van der Waals surface area (Å²) in [6, 6.07) is 9.59. The normalized spacial score (nSPS) is 10.8. The summed E-state index contributed by atoms with van der Waals surface area (Å²) in [5.41, 5.74) is 8.87. The summed E-state index contributed by atoms with van der Waals surface area (Å²) < 4.78 is 0. The van der Waals surface area contributed by atoms with Crippen molar-refractivity contribution in [2.45, 2.75) is 19.9 Å². The fraction of sp³-hybridized carbons (Fsp3) is 0.417. The van der Waals surface area contributed by atoms with Crippen LogP contribution in [0.1, 0.15) is 18.9 Å². The Morgan fingerprint density at radius 1 is 1.32 bits per heavy atom. The van der Waals surface area contributed by atoms with E-state index in [9.17, 15) is 4.79 Å². The zero-order valence-electron chi connectivity index (χ0n) is 11.4. The lowest BCUT2D eigenvalue weighted by molar-refractivity contribution is 0.00653. The van der Waals surface area contributed by atoms with E-state index in [1.165, 1.54) is 5.56 Å². The summed E-state index contributed by atoms with van der Waals surface area (Å²) in [6.45, 7) is 3.40. The minimum absolute atomic E-state index is 0.464. The lowest BCUT2D eigenvalue weighted by atomic mass is 10.2. The van der Waals surface area contributed by atoms with Crippen LogP contribution in [0.2, 0.25) is 0 Å². The van der Waals surface area contributed by atoms with E-state index in [0.29, 0.717) is 13.1 Å². The third kappa shape index (κ3) is 6.16. The first kappa shape index (κ1) is 15.4. The molecule has 2 amide bonds. The quantitative estimate of drug-likeness (QED) is 0.325. The van der Waals surface area contributed by atoms with Crippen LogP contribution >= 0.6 is 0 Å². The smallest absolute Gasteiger partial charge is 0.275 e. The van der Waals surface area contributed by atoms with Crippen molar-refractivity contribution >= 4 is 6.03 Å². The van der Waals surface area contributed by atoms with Crippen molar-refractivity contribution < 1.29 is 4.79 Å². The molecule has 0 bridgehead atoms. The Balaban J connectivity index is 2.46. The predicted molar refractivity (Wildman–Crippen MR) is 73.9 cm³/mol. The number of carbonyl (C=O) groups is 1. The fourth-order valence-electron chi connectivity index (χ4n) is 1.61. The van der Waals surface area contributed by atoms with Crippen LogP contribution in [-0.2, 0) is 6.54 Å². The average Bonchev–Trinajstić information content (AvgIpc) is 2.39. The SMILES string of the molecule is CCCN(NC(=O)NN)NN(C)Cc1ccccc1. The topological polar surface area (TPSA) is 85.7 Å². The van der Waals surface area contributed by atoms with Gasteiger partial charge in [-0.15, -0.1) is 5.12 Å². The van der Waals surface area contributed by atoms with Crippen LogP contribution in [0.3, 0.4) is 0 Å². The molecule has 0 radical (unpaired) electrons. The summed E-state index contributed by atoms with van der Waals surface area (Å²) in [7, 11) is 1.90. The van der Waals surface area contributed by atoms with E-state index < -0.39 is 6.03 Å². The van der Waals surface area contributed by atoms with Crippen molar-refractivity contribution in [2.75, 3.05) is 13.6 Å². The van der Waals surface area contributed by atoms with E-state index in [4.69, 9.17) is 5.84 Å². The number of hydrogen-bond acceptors (Lipinski definition) is 5. The van der Waals surface area contributed by atoms with Crippen molar-refractivity contribution in [1.29, 1.82) is 0 Å². The average molecular weight is 266 g/mol. The number of nitrogens with two attached hydrogens (primary N) is 1. The Hall–Kier alpha value is -1.67. The molecule has 1 rings (SSSR count). The van der Waals surface area contributed by atoms with Gasteiger partial charge in [-0.05, 0) is 12.0 Å². The molecule has 0 aliphatic heterocycles. The van der Waals surface area contributed by atoms with Crippen LogP contribution < -0.4 is 22.2 Å². The molecular formula is C12H22N6O. The summed E-state index contributed by atoms with van der Waals surface area (Å²) in [6.07, 6.45) is 0.886. The molecule has 5 N–H and O–H groups in total. The van der Waals surface area contributed by atoms with Crippen LogP contribution in [0.25, 0.3) is 0 Å². The predicted octanol–water partition coefficient (Wildman–Crippen LogP) is 0.338. The van der Waals surface area contributed by atoms with Gasteiger partial charge in [-0.3, -0.25) is 10.9 Å². The van der Waals surface area contributed by atoms with E-state index in [1.54, 1.807) is 5.12 Å². The van der Waals surface area contributed by atoms with Gasteiger partial charge in [0.1, 0.15) is 0 Å². The molecule has 7 nitrogen and oxygen atoms in total. The maximum atomic E-state index is 11.2. The Labute approximate surface area is 113 Å². The largest absolute Gasteiger partial charge is 0.344 e. The summed E-state index contributed by atoms with van der Waals surface area (Å²) in [5.74, 6) is 5.04. The molecule has 0 aliphatic carbocycles. The van der Waals surface area contributed by atoms with Gasteiger partial charge in [-0.25, -0.2) is 15.6 Å². The van der Waals surface area contributed by atoms with Gasteiger partial charge in [0.15, 0.2) is 0 Å². The molecular weight excluding hydrogens is 244 g/mol. The molecule has 0 aromatic heterocycles. The molecule has 106 valence electrons. The number of rotatable bonds is 7. The van der Waals surface area contributed by atoms with E-state index in [1.807, 2.05) is 54.7 Å². The van der Waals surface area contributed by atoms with Crippen LogP contribution in [0.4, 0.5) is 4.79 Å². The summed E-state index contributed by atoms with van der Waals surface area (Å²) in [5, 5.41) is 3.47. The fourth-order valence-corrected chi connectivity index (χ4v) is 1.61. The van der Waals surface area contributed by atoms with Gasteiger partial charge in [0, 0.05) is 20.1 Å². The highest BCUT2D eigenvalue weighted by Gasteiger charge is 2.09. The number of hydrazine groups is 4. The summed E-state index contributed by atoms with van der Waals surface area (Å²) in [4.78, 5) is 11.2. The van der Waals surface area contributed by atoms with Crippen LogP contribution in [0.5, 0.6) is 0 Å². The molecule has 0 fully saturated rings. The van der Waals surface area contributed by atoms with Crippen molar-refractivity contribution in [2.24, 2.45) is 5.84 Å². The molecule has 0 saturated carbocycles. The van der Waals surface area contributed by atoms with E-state index in [-0.39, 0.29) is 0 Å². The third-order valence-corrected chi connectivity index (χ3v) is 2.37. The van der Waals surface area contributed by atoms with Gasteiger partial charge >= 0.3 is 6.03 Å². The van der Waals surface area contributed by atoms with Crippen LogP contribution in [0, 0.1) is 0 Å². The number of carbonyl (C=O) groups excluding carboxylic acids is 1. The monoisotopic (exact) mass is 266 g/mol. The van der Waals surface area contributed by atoms with Gasteiger partial charge in [0.05, 0.1) is 0 Å². The maximum absolute atomic E-state index is 11.2. The van der Waals surface area contributed by atoms with Crippen molar-refractivity contribution in [1.82, 2.24) is 26.5 Å². The number of nitrogens with zero attached hydrogens (tertiary/aromatic N) is 2. The number of amides is 2. The first-order valence-corrected chi connectivity index (χ1v) is 6.21. The molecule has 0 atom stereocenters. The second kappa shape index (κ2) is 8.44. The lowest BCUT2D eigenvalue weighted by Gasteiger charge is -2.28. The number of benzene rings is 1. The second-order valence-electron chi connectivity index (χ2n) is 4.18. The lowest BCUT2D eigenvalue weighted by Crippen LogP contribution is -2.59. The molecule has 0 unspecified atom stereocenters. The number of urea groups is 1. The van der Waals surface area contributed by atoms with Gasteiger partial charge in [-0.1, -0.05) is 37.3 Å². The maximum Gasteiger partial charge on any atom is 0.344 e. The Kier molecular flexibility index (Phi) is 6.83. The highest BCUT2D eigenvalue weighted by Crippen LogP contribution is 2.00. The molecule has 0 heterocycles. The molecule has 7 heteroatoms. The van der Waals surface area contributed by atoms with Gasteiger partial charge in [-0.2, -0.15) is 5.53 Å². The Bertz CT molecular complexity index is 372. The number of hydrogen-bond donors (Lipinski definition) is 4. The molecule has 19 heavy (non-hydrogen) atoms. The number of nitrogens with one attached hydrogen (secondary N) is 3. The van der Waals surface area contributed by atoms with Crippen molar-refractivity contribution in [3.05, 3.63) is 35.9 Å². The van der Waals surface area contributed by atoms with Crippen LogP contribution in [0.15, 0.2) is 30.3 Å². The standard InChI is InChI=1S/C12H22N6O/c1-3-9-18(15-12(19)14-13)16-17(2)10-11-7-5-4-6-8-11/h4-8,16H,3,9-10,13H2,1-2H3,(H2,14,15,19). The minimum Gasteiger partial charge on any atom is -0.275 e. The second-order valence-corrected chi connectivity index (χ2v) is 4.18. The summed E-state index contributed by atoms with van der Waals surface area (Å²) >= 11 is 0. The highest BCUT2D eigenvalue weighted by molar-refractivity contribution is 5.72. The first-order valence-electron chi connectivity index (χ1n) is 6.21.